The summed E-state index contributed by atoms with van der Waals surface area (Å²) in [5, 5.41) is 0. The molecule has 0 aromatic carbocycles. The number of hydrogen-bond donors (Lipinski definition) is 0. The quantitative estimate of drug-likeness (QED) is 0.121. The summed E-state index contributed by atoms with van der Waals surface area (Å²) >= 11 is 0. The molecule has 0 radical (unpaired) electrons. The Balaban J connectivity index is -0.000000178. The maximum absolute atomic E-state index is 12.9. The third-order valence-electron chi connectivity index (χ3n) is 12.2. The molecule has 0 aliphatic carbocycles. The lowest BCUT2D eigenvalue weighted by Gasteiger charge is -2.34. The van der Waals surface area contributed by atoms with Crippen LogP contribution in [-0.2, 0) is 4.74 Å². The van der Waals surface area contributed by atoms with Crippen LogP contribution in [0.2, 0.25) is 0 Å². The number of hydrogen-bond acceptors (Lipinski definition) is 1. The first-order chi connectivity index (χ1) is 22.4. The highest BCUT2D eigenvalue weighted by molar-refractivity contribution is 4.84. The Bertz CT molecular complexity index is 624. The van der Waals surface area contributed by atoms with Crippen LogP contribution < -0.4 is 0 Å². The van der Waals surface area contributed by atoms with E-state index in [2.05, 4.69) is 96.9 Å². The summed E-state index contributed by atoms with van der Waals surface area (Å²) < 4.78 is 74.9. The van der Waals surface area contributed by atoms with Gasteiger partial charge in [0.05, 0.1) is 18.6 Å². The largest absolute Gasteiger partial charge is 0.394 e. The Morgan fingerprint density at radius 3 is 0.776 bits per heavy atom. The third-order valence-corrected chi connectivity index (χ3v) is 12.2. The standard InChI is InChI=1S/C16H34O.C9H20.C8H14F4.C8H18.CH2F2/c1-7-15(8-2,9-3)13-17-14-16(10-4,11-5)12-6;1-5-9(6-2,7-3)8-4;1-6(2,8(10,11)12)5-7(3,4)9;1-5-7(3)8(4)6-2;2-1-3/h7-14H2,1-6H3;5-8H2,1-4H3;5H2,1-4H3;7-8H,5-6H2,1-4H3;1H2. The normalized spacial score (nSPS) is 13.7. The summed E-state index contributed by atoms with van der Waals surface area (Å²) in [7, 11) is 0. The van der Waals surface area contributed by atoms with Gasteiger partial charge in [0.2, 0.25) is 6.93 Å². The molecule has 0 aromatic heterocycles. The molecule has 7 heteroatoms. The first-order valence-electron chi connectivity index (χ1n) is 19.9. The molecule has 0 aliphatic rings. The molecule has 0 aliphatic heterocycles. The van der Waals surface area contributed by atoms with Gasteiger partial charge in [-0.2, -0.15) is 13.2 Å². The maximum atomic E-state index is 12.9. The van der Waals surface area contributed by atoms with Gasteiger partial charge in [-0.3, -0.25) is 0 Å². The van der Waals surface area contributed by atoms with Gasteiger partial charge in [0.1, 0.15) is 5.67 Å². The summed E-state index contributed by atoms with van der Waals surface area (Å²) in [6.07, 6.45) is 10.6. The van der Waals surface area contributed by atoms with Crippen LogP contribution in [0.5, 0.6) is 0 Å². The van der Waals surface area contributed by atoms with Crippen molar-refractivity contribution in [3.05, 3.63) is 0 Å². The van der Waals surface area contributed by atoms with Crippen molar-refractivity contribution in [2.45, 2.75) is 220 Å². The second-order valence-corrected chi connectivity index (χ2v) is 15.7. The summed E-state index contributed by atoms with van der Waals surface area (Å²) in [5.74, 6) is 1.83. The van der Waals surface area contributed by atoms with Gasteiger partial charge in [0.15, 0.2) is 0 Å². The van der Waals surface area contributed by atoms with E-state index >= 15 is 0 Å². The molecule has 49 heavy (non-hydrogen) atoms. The fraction of sp³-hybridized carbons (Fsp3) is 1.00. The van der Waals surface area contributed by atoms with Crippen LogP contribution in [0.25, 0.3) is 0 Å². The zero-order valence-corrected chi connectivity index (χ0v) is 36.1. The second-order valence-electron chi connectivity index (χ2n) is 15.7. The van der Waals surface area contributed by atoms with Crippen LogP contribution in [0.1, 0.15) is 208 Å². The molecule has 0 saturated carbocycles. The maximum Gasteiger partial charge on any atom is 0.394 e. The average Bonchev–Trinajstić information content (AvgIpc) is 3.06. The minimum absolute atomic E-state index is 0.418. The first-order valence-corrected chi connectivity index (χ1v) is 19.9. The third kappa shape index (κ3) is 26.9. The molecule has 0 amide bonds. The van der Waals surface area contributed by atoms with Crippen molar-refractivity contribution in [2.75, 3.05) is 20.1 Å². The predicted molar refractivity (Wildman–Crippen MR) is 207 cm³/mol. The van der Waals surface area contributed by atoms with Gasteiger partial charge in [-0.15, -0.1) is 0 Å². The van der Waals surface area contributed by atoms with Gasteiger partial charge >= 0.3 is 6.18 Å². The van der Waals surface area contributed by atoms with Crippen LogP contribution in [-0.4, -0.2) is 32.0 Å². The summed E-state index contributed by atoms with van der Waals surface area (Å²) in [5.41, 5.74) is -2.23. The van der Waals surface area contributed by atoms with Crippen molar-refractivity contribution in [1.29, 1.82) is 0 Å². The summed E-state index contributed by atoms with van der Waals surface area (Å²) in [4.78, 5) is 0. The van der Waals surface area contributed by atoms with Gasteiger partial charge in [-0.25, -0.2) is 13.2 Å². The van der Waals surface area contributed by atoms with Crippen LogP contribution in [0.4, 0.5) is 26.3 Å². The van der Waals surface area contributed by atoms with Crippen molar-refractivity contribution in [2.24, 2.45) is 33.5 Å². The molecule has 0 bridgehead atoms. The lowest BCUT2D eigenvalue weighted by Crippen LogP contribution is -2.37. The average molecular weight is 723 g/mol. The molecule has 0 rings (SSSR count). The van der Waals surface area contributed by atoms with E-state index in [0.717, 1.165) is 52.7 Å². The van der Waals surface area contributed by atoms with E-state index < -0.39 is 30.6 Å². The molecule has 0 heterocycles. The first kappa shape index (κ1) is 57.9. The van der Waals surface area contributed by atoms with Gasteiger partial charge in [-0.1, -0.05) is 149 Å². The number of halogens is 6. The number of rotatable bonds is 19. The van der Waals surface area contributed by atoms with E-state index in [4.69, 9.17) is 4.74 Å². The molecular formula is C42H88F6O. The molecule has 0 aromatic rings. The fourth-order valence-electron chi connectivity index (χ4n) is 6.05. The molecule has 1 nitrogen and oxygen atoms in total. The van der Waals surface area contributed by atoms with E-state index in [1.54, 1.807) is 0 Å². The highest BCUT2D eigenvalue weighted by atomic mass is 19.4. The van der Waals surface area contributed by atoms with Crippen LogP contribution in [0.3, 0.4) is 0 Å². The molecule has 2 atom stereocenters. The van der Waals surface area contributed by atoms with E-state index in [0.29, 0.717) is 16.2 Å². The summed E-state index contributed by atoms with van der Waals surface area (Å²) in [6.45, 7) is 36.6. The predicted octanol–water partition coefficient (Wildman–Crippen LogP) is 16.7. The van der Waals surface area contributed by atoms with Crippen molar-refractivity contribution in [3.8, 4) is 0 Å². The highest BCUT2D eigenvalue weighted by Crippen LogP contribution is 2.44. The minimum atomic E-state index is -4.34. The lowest BCUT2D eigenvalue weighted by molar-refractivity contribution is -0.221. The van der Waals surface area contributed by atoms with E-state index in [1.165, 1.54) is 77.0 Å². The van der Waals surface area contributed by atoms with E-state index in [1.807, 2.05) is 0 Å². The van der Waals surface area contributed by atoms with Gasteiger partial charge in [0.25, 0.3) is 0 Å². The van der Waals surface area contributed by atoms with Crippen LogP contribution in [0.15, 0.2) is 0 Å². The molecule has 2 unspecified atom stereocenters. The zero-order valence-electron chi connectivity index (χ0n) is 36.1. The SMILES string of the molecule is CC(C)(F)CC(C)(C)C(F)(F)F.CCC(C)C(C)CC.CCC(CC)(CC)CC.CCC(CC)(CC)COCC(CC)(CC)CC.FCF. The summed E-state index contributed by atoms with van der Waals surface area (Å²) in [6, 6.07) is 0. The Morgan fingerprint density at radius 2 is 0.673 bits per heavy atom. The monoisotopic (exact) mass is 723 g/mol. The molecule has 0 spiro atoms. The smallest absolute Gasteiger partial charge is 0.380 e. The molecular weight excluding hydrogens is 634 g/mol. The van der Waals surface area contributed by atoms with Crippen molar-refractivity contribution >= 4 is 0 Å². The van der Waals surface area contributed by atoms with E-state index in [9.17, 15) is 26.3 Å². The van der Waals surface area contributed by atoms with Gasteiger partial charge < -0.3 is 4.74 Å². The van der Waals surface area contributed by atoms with Crippen LogP contribution in [0, 0.1) is 33.5 Å². The Kier molecular flexibility index (Phi) is 35.5. The van der Waals surface area contributed by atoms with E-state index in [-0.39, 0.29) is 0 Å². The zero-order chi connectivity index (χ0) is 40.2. The number of ether oxygens (including phenoxy) is 1. The Labute approximate surface area is 304 Å². The van der Waals surface area contributed by atoms with Crippen molar-refractivity contribution < 1.29 is 31.1 Å². The van der Waals surface area contributed by atoms with Crippen molar-refractivity contribution in [1.82, 2.24) is 0 Å². The molecule has 0 fully saturated rings. The Hall–Kier alpha value is -0.460. The van der Waals surface area contributed by atoms with Crippen molar-refractivity contribution in [3.63, 3.8) is 0 Å². The lowest BCUT2D eigenvalue weighted by atomic mass is 9.78. The minimum Gasteiger partial charge on any atom is -0.380 e. The molecule has 304 valence electrons. The van der Waals surface area contributed by atoms with Gasteiger partial charge in [-0.05, 0) is 86.9 Å². The highest BCUT2D eigenvalue weighted by Gasteiger charge is 2.49. The van der Waals surface area contributed by atoms with Crippen LogP contribution >= 0.6 is 0 Å². The number of alkyl halides is 6. The fourth-order valence-corrected chi connectivity index (χ4v) is 6.05. The van der Waals surface area contributed by atoms with Gasteiger partial charge in [0, 0.05) is 0 Å². The second kappa shape index (κ2) is 30.0. The topological polar surface area (TPSA) is 9.23 Å². The Morgan fingerprint density at radius 1 is 0.449 bits per heavy atom. The molecule has 0 saturated heterocycles. The molecule has 0 N–H and O–H groups in total.